The molecule has 0 radical (unpaired) electrons. The molecule has 8 heteroatoms. The SMILES string of the molecule is Cc1cccc(C(=O)Nc2cc(C=NC3CCC(O)CC3)c(N)cc2OC2CC2)[n+]1O. The molecule has 2 aromatic rings. The second kappa shape index (κ2) is 8.93. The van der Waals surface area contributed by atoms with E-state index >= 15 is 0 Å². The van der Waals surface area contributed by atoms with Crippen LogP contribution in [0.15, 0.2) is 35.3 Å². The van der Waals surface area contributed by atoms with Crippen LogP contribution < -0.4 is 20.5 Å². The van der Waals surface area contributed by atoms with Crippen molar-refractivity contribution in [2.24, 2.45) is 4.99 Å². The van der Waals surface area contributed by atoms with E-state index in [1.807, 2.05) is 0 Å². The Hall–Kier alpha value is -3.13. The molecular weight excluding hydrogens is 396 g/mol. The summed E-state index contributed by atoms with van der Waals surface area (Å²) in [6, 6.07) is 8.58. The molecule has 8 nitrogen and oxygen atoms in total. The zero-order chi connectivity index (χ0) is 22.0. The van der Waals surface area contributed by atoms with Crippen molar-refractivity contribution in [1.82, 2.24) is 0 Å². The first-order valence-electron chi connectivity index (χ1n) is 10.7. The average Bonchev–Trinajstić information content (AvgIpc) is 3.56. The molecule has 1 aromatic heterocycles. The van der Waals surface area contributed by atoms with E-state index < -0.39 is 5.91 Å². The quantitative estimate of drug-likeness (QED) is 0.245. The largest absolute Gasteiger partial charge is 0.488 e. The fourth-order valence-corrected chi connectivity index (χ4v) is 3.65. The zero-order valence-corrected chi connectivity index (χ0v) is 17.6. The van der Waals surface area contributed by atoms with Gasteiger partial charge in [-0.2, -0.15) is 0 Å². The van der Waals surface area contributed by atoms with Gasteiger partial charge in [-0.3, -0.25) is 15.0 Å². The van der Waals surface area contributed by atoms with Crippen molar-refractivity contribution in [2.75, 3.05) is 11.1 Å². The Morgan fingerprint density at radius 1 is 1.23 bits per heavy atom. The smallest absolute Gasteiger partial charge is 0.325 e. The average molecular weight is 426 g/mol. The Balaban J connectivity index is 1.59. The second-order valence-electron chi connectivity index (χ2n) is 8.35. The number of aliphatic imine (C=N–C) groups is 1. The van der Waals surface area contributed by atoms with E-state index in [1.165, 1.54) is 0 Å². The van der Waals surface area contributed by atoms with E-state index in [-0.39, 0.29) is 23.9 Å². The van der Waals surface area contributed by atoms with E-state index in [1.54, 1.807) is 43.5 Å². The fourth-order valence-electron chi connectivity index (χ4n) is 3.65. The van der Waals surface area contributed by atoms with Gasteiger partial charge < -0.3 is 20.9 Å². The maximum Gasteiger partial charge on any atom is 0.325 e. The minimum Gasteiger partial charge on any atom is -0.488 e. The summed E-state index contributed by atoms with van der Waals surface area (Å²) in [5.74, 6) is 0.0456. The van der Waals surface area contributed by atoms with Gasteiger partial charge in [-0.05, 0) is 50.7 Å². The fraction of sp³-hybridized carbons (Fsp3) is 0.435. The van der Waals surface area contributed by atoms with E-state index in [4.69, 9.17) is 10.5 Å². The lowest BCUT2D eigenvalue weighted by Gasteiger charge is -2.22. The predicted molar refractivity (Wildman–Crippen MR) is 117 cm³/mol. The van der Waals surface area contributed by atoms with Crippen LogP contribution >= 0.6 is 0 Å². The number of rotatable bonds is 6. The zero-order valence-electron chi connectivity index (χ0n) is 17.6. The third-order valence-corrected chi connectivity index (χ3v) is 5.73. The molecule has 0 unspecified atom stereocenters. The van der Waals surface area contributed by atoms with Crippen molar-refractivity contribution >= 4 is 23.5 Å². The van der Waals surface area contributed by atoms with Gasteiger partial charge >= 0.3 is 11.6 Å². The molecule has 2 aliphatic carbocycles. The molecule has 5 N–H and O–H groups in total. The Morgan fingerprint density at radius 2 is 1.97 bits per heavy atom. The van der Waals surface area contributed by atoms with Crippen molar-refractivity contribution in [1.29, 1.82) is 0 Å². The number of carbonyl (C=O) groups excluding carboxylic acids is 1. The van der Waals surface area contributed by atoms with Crippen LogP contribution in [0.5, 0.6) is 5.75 Å². The van der Waals surface area contributed by atoms with Crippen LogP contribution in [0.4, 0.5) is 11.4 Å². The first-order chi connectivity index (χ1) is 14.9. The molecule has 1 aromatic carbocycles. The topological polar surface area (TPSA) is 121 Å². The molecule has 0 bridgehead atoms. The number of aliphatic hydroxyl groups is 1. The maximum absolute atomic E-state index is 12.8. The van der Waals surface area contributed by atoms with Gasteiger partial charge in [0, 0.05) is 47.3 Å². The summed E-state index contributed by atoms with van der Waals surface area (Å²) in [6.45, 7) is 1.71. The molecular formula is C23H29N4O4+. The summed E-state index contributed by atoms with van der Waals surface area (Å²) in [5.41, 5.74) is 8.58. The minimum absolute atomic E-state index is 0.116. The van der Waals surface area contributed by atoms with Gasteiger partial charge in [0.05, 0.1) is 23.9 Å². The molecule has 0 saturated heterocycles. The first kappa shape index (κ1) is 21.1. The Labute approximate surface area is 181 Å². The van der Waals surface area contributed by atoms with Gasteiger partial charge in [-0.1, -0.05) is 0 Å². The van der Waals surface area contributed by atoms with Gasteiger partial charge in [0.2, 0.25) is 5.69 Å². The number of carbonyl (C=O) groups is 1. The lowest BCUT2D eigenvalue weighted by Crippen LogP contribution is -2.42. The van der Waals surface area contributed by atoms with Crippen LogP contribution in [-0.2, 0) is 0 Å². The van der Waals surface area contributed by atoms with E-state index in [2.05, 4.69) is 10.3 Å². The number of ether oxygens (including phenoxy) is 1. The summed E-state index contributed by atoms with van der Waals surface area (Å²) in [5, 5.41) is 22.7. The Kier molecular flexibility index (Phi) is 6.08. The van der Waals surface area contributed by atoms with E-state index in [9.17, 15) is 15.1 Å². The molecule has 4 rings (SSSR count). The summed E-state index contributed by atoms with van der Waals surface area (Å²) < 4.78 is 6.81. The van der Waals surface area contributed by atoms with Gasteiger partial charge in [0.1, 0.15) is 5.75 Å². The summed E-state index contributed by atoms with van der Waals surface area (Å²) in [7, 11) is 0. The number of aryl methyl sites for hydroxylation is 1. The number of hydrogen-bond donors (Lipinski definition) is 4. The lowest BCUT2D eigenvalue weighted by molar-refractivity contribution is -0.909. The normalized spacial score (nSPS) is 21.2. The molecule has 1 heterocycles. The first-order valence-corrected chi connectivity index (χ1v) is 10.7. The molecule has 2 fully saturated rings. The van der Waals surface area contributed by atoms with Crippen LogP contribution in [0.1, 0.15) is 60.3 Å². The molecule has 31 heavy (non-hydrogen) atoms. The van der Waals surface area contributed by atoms with Crippen molar-refractivity contribution in [3.8, 4) is 5.75 Å². The highest BCUT2D eigenvalue weighted by atomic mass is 16.5. The highest BCUT2D eigenvalue weighted by Gasteiger charge is 2.27. The van der Waals surface area contributed by atoms with Crippen molar-refractivity contribution in [3.05, 3.63) is 47.3 Å². The number of aromatic nitrogens is 1. The molecule has 0 spiro atoms. The molecule has 2 saturated carbocycles. The van der Waals surface area contributed by atoms with Crippen LogP contribution in [0, 0.1) is 6.92 Å². The monoisotopic (exact) mass is 425 g/mol. The summed E-state index contributed by atoms with van der Waals surface area (Å²) in [4.78, 5) is 17.5. The number of nitrogens with one attached hydrogen (secondary N) is 1. The van der Waals surface area contributed by atoms with Gasteiger partial charge in [-0.15, -0.1) is 0 Å². The standard InChI is InChI=1S/C23H28N4O4/c1-14-3-2-4-21(27(14)30)23(29)26-20-11-15(13-25-16-5-7-17(28)8-6-16)19(24)12-22(20)31-18-9-10-18/h2-4,11-13,16-18,24,28-30H,5-10H2,1H3/p+1. The summed E-state index contributed by atoms with van der Waals surface area (Å²) in [6.07, 6.45) is 6.76. The number of amides is 1. The number of nitrogen functional groups attached to an aromatic ring is 1. The van der Waals surface area contributed by atoms with E-state index in [0.717, 1.165) is 43.3 Å². The van der Waals surface area contributed by atoms with Crippen LogP contribution in [0.25, 0.3) is 0 Å². The highest BCUT2D eigenvalue weighted by Crippen LogP contribution is 2.35. The highest BCUT2D eigenvalue weighted by molar-refractivity contribution is 6.04. The van der Waals surface area contributed by atoms with Crippen LogP contribution in [0.3, 0.4) is 0 Å². The second-order valence-corrected chi connectivity index (χ2v) is 8.35. The molecule has 0 atom stereocenters. The third kappa shape index (κ3) is 5.14. The number of benzene rings is 1. The Bertz CT molecular complexity index is 995. The number of hydrogen-bond acceptors (Lipinski definition) is 6. The minimum atomic E-state index is -0.458. The van der Waals surface area contributed by atoms with Crippen molar-refractivity contribution < 1.29 is 24.6 Å². The number of aliphatic hydroxyl groups excluding tert-OH is 1. The molecule has 0 aliphatic heterocycles. The number of nitrogens with zero attached hydrogens (tertiary/aromatic N) is 2. The van der Waals surface area contributed by atoms with Crippen molar-refractivity contribution in [2.45, 2.75) is 63.7 Å². The lowest BCUT2D eigenvalue weighted by atomic mass is 9.93. The van der Waals surface area contributed by atoms with Crippen LogP contribution in [0.2, 0.25) is 0 Å². The van der Waals surface area contributed by atoms with E-state index in [0.29, 0.717) is 28.4 Å². The number of anilines is 2. The third-order valence-electron chi connectivity index (χ3n) is 5.73. The predicted octanol–water partition coefficient (Wildman–Crippen LogP) is 2.62. The number of pyridine rings is 1. The van der Waals surface area contributed by atoms with Crippen molar-refractivity contribution in [3.63, 3.8) is 0 Å². The molecule has 2 aliphatic rings. The summed E-state index contributed by atoms with van der Waals surface area (Å²) >= 11 is 0. The Morgan fingerprint density at radius 3 is 2.68 bits per heavy atom. The maximum atomic E-state index is 12.8. The molecule has 1 amide bonds. The molecule has 164 valence electrons. The number of nitrogens with two attached hydrogens (primary N) is 1. The van der Waals surface area contributed by atoms with Gasteiger partial charge in [0.15, 0.2) is 0 Å². The van der Waals surface area contributed by atoms with Gasteiger partial charge in [0.25, 0.3) is 0 Å². The van der Waals surface area contributed by atoms with Gasteiger partial charge in [-0.25, -0.2) is 0 Å². The van der Waals surface area contributed by atoms with Crippen LogP contribution in [-0.4, -0.2) is 40.7 Å².